The van der Waals surface area contributed by atoms with Crippen LogP contribution < -0.4 is 10.2 Å². The predicted octanol–water partition coefficient (Wildman–Crippen LogP) is 4.25. The van der Waals surface area contributed by atoms with Crippen molar-refractivity contribution in [1.29, 1.82) is 0 Å². The molecule has 6 heteroatoms. The minimum absolute atomic E-state index is 0.0714. The summed E-state index contributed by atoms with van der Waals surface area (Å²) in [5.74, 6) is 0.0113. The van der Waals surface area contributed by atoms with Crippen molar-refractivity contribution in [2.45, 2.75) is 19.9 Å². The van der Waals surface area contributed by atoms with E-state index >= 15 is 0 Å². The van der Waals surface area contributed by atoms with Crippen molar-refractivity contribution in [3.63, 3.8) is 0 Å². The Balaban J connectivity index is 1.72. The van der Waals surface area contributed by atoms with Crippen LogP contribution in [0.5, 0.6) is 0 Å². The number of anilines is 2. The minimum Gasteiger partial charge on any atom is -0.478 e. The number of nitrogens with one attached hydrogen (secondary N) is 1. The quantitative estimate of drug-likeness (QED) is 0.677. The van der Waals surface area contributed by atoms with Gasteiger partial charge in [0.05, 0.1) is 18.8 Å². The van der Waals surface area contributed by atoms with Gasteiger partial charge in [0.2, 0.25) is 0 Å². The van der Waals surface area contributed by atoms with Gasteiger partial charge >= 0.3 is 5.97 Å². The molecule has 29 heavy (non-hydrogen) atoms. The Labute approximate surface area is 170 Å². The average Bonchev–Trinajstić information content (AvgIpc) is 2.73. The van der Waals surface area contributed by atoms with Gasteiger partial charge in [-0.2, -0.15) is 0 Å². The number of aryl methyl sites for hydroxylation is 1. The lowest BCUT2D eigenvalue weighted by Gasteiger charge is -2.28. The summed E-state index contributed by atoms with van der Waals surface area (Å²) in [6.45, 7) is 7.21. The largest absolute Gasteiger partial charge is 0.478 e. The van der Waals surface area contributed by atoms with Crippen molar-refractivity contribution in [2.24, 2.45) is 0 Å². The predicted molar refractivity (Wildman–Crippen MR) is 115 cm³/mol. The maximum absolute atomic E-state index is 11.6. The topological polar surface area (TPSA) is 74.7 Å². The Bertz CT molecular complexity index is 1040. The standard InChI is InChI=1S/C23H25N3O3/c1-15-11-17-14-24-22(26-7-9-29-10-8-26)13-20(17)19(12-15)16(2)25-21-6-4-3-5-18(21)23(27)28/h3-6,11-14,16,25H,7-10H2,1-2H3,(H,27,28). The molecule has 1 aliphatic heterocycles. The molecular formula is C23H25N3O3. The van der Waals surface area contributed by atoms with E-state index in [-0.39, 0.29) is 11.6 Å². The second-order valence-corrected chi connectivity index (χ2v) is 7.43. The van der Waals surface area contributed by atoms with Crippen LogP contribution in [0.25, 0.3) is 10.8 Å². The molecule has 1 saturated heterocycles. The highest BCUT2D eigenvalue weighted by Gasteiger charge is 2.17. The van der Waals surface area contributed by atoms with Crippen molar-refractivity contribution < 1.29 is 14.6 Å². The van der Waals surface area contributed by atoms with Crippen LogP contribution >= 0.6 is 0 Å². The van der Waals surface area contributed by atoms with Crippen LogP contribution in [0, 0.1) is 6.92 Å². The van der Waals surface area contributed by atoms with Crippen molar-refractivity contribution >= 4 is 28.2 Å². The highest BCUT2D eigenvalue weighted by molar-refractivity contribution is 5.94. The molecule has 1 fully saturated rings. The van der Waals surface area contributed by atoms with Gasteiger partial charge in [0.25, 0.3) is 0 Å². The van der Waals surface area contributed by atoms with Gasteiger partial charge in [0.15, 0.2) is 0 Å². The number of hydrogen-bond donors (Lipinski definition) is 2. The first-order valence-corrected chi connectivity index (χ1v) is 9.85. The Hall–Kier alpha value is -3.12. The fourth-order valence-corrected chi connectivity index (χ4v) is 3.86. The van der Waals surface area contributed by atoms with Gasteiger partial charge in [-0.1, -0.05) is 23.8 Å². The third kappa shape index (κ3) is 4.03. The van der Waals surface area contributed by atoms with Crippen LogP contribution in [-0.4, -0.2) is 42.4 Å². The third-order valence-corrected chi connectivity index (χ3v) is 5.33. The van der Waals surface area contributed by atoms with Crippen molar-refractivity contribution in [1.82, 2.24) is 4.98 Å². The number of pyridine rings is 1. The summed E-state index contributed by atoms with van der Waals surface area (Å²) < 4.78 is 5.46. The molecule has 1 aromatic heterocycles. The lowest BCUT2D eigenvalue weighted by molar-refractivity contribution is 0.0698. The summed E-state index contributed by atoms with van der Waals surface area (Å²) in [5.41, 5.74) is 3.15. The number of para-hydroxylation sites is 1. The fourth-order valence-electron chi connectivity index (χ4n) is 3.86. The molecule has 6 nitrogen and oxygen atoms in total. The van der Waals surface area contributed by atoms with Crippen molar-refractivity contribution in [3.8, 4) is 0 Å². The van der Waals surface area contributed by atoms with Gasteiger partial charge in [-0.25, -0.2) is 9.78 Å². The second kappa shape index (κ2) is 8.09. The van der Waals surface area contributed by atoms with Crippen LogP contribution in [0.4, 0.5) is 11.5 Å². The molecule has 0 aliphatic carbocycles. The van der Waals surface area contributed by atoms with Gasteiger partial charge in [0, 0.05) is 36.4 Å². The number of hydrogen-bond acceptors (Lipinski definition) is 5. The maximum Gasteiger partial charge on any atom is 0.337 e. The molecule has 150 valence electrons. The van der Waals surface area contributed by atoms with Crippen LogP contribution in [0.2, 0.25) is 0 Å². The number of carbonyl (C=O) groups is 1. The molecule has 2 N–H and O–H groups in total. The van der Waals surface area contributed by atoms with Crippen LogP contribution in [0.3, 0.4) is 0 Å². The summed E-state index contributed by atoms with van der Waals surface area (Å²) in [4.78, 5) is 18.5. The highest BCUT2D eigenvalue weighted by Crippen LogP contribution is 2.31. The SMILES string of the molecule is Cc1cc(C(C)Nc2ccccc2C(=O)O)c2cc(N3CCOCC3)ncc2c1. The molecule has 0 spiro atoms. The molecular weight excluding hydrogens is 366 g/mol. The molecule has 0 radical (unpaired) electrons. The fraction of sp³-hybridized carbons (Fsp3) is 0.304. The van der Waals surface area contributed by atoms with E-state index in [0.29, 0.717) is 18.9 Å². The number of carboxylic acids is 1. The maximum atomic E-state index is 11.6. The van der Waals surface area contributed by atoms with E-state index in [1.165, 1.54) is 0 Å². The normalized spacial score (nSPS) is 15.3. The molecule has 2 aromatic carbocycles. The zero-order chi connectivity index (χ0) is 20.4. The van der Waals surface area contributed by atoms with E-state index < -0.39 is 5.97 Å². The van der Waals surface area contributed by atoms with Gasteiger partial charge < -0.3 is 20.1 Å². The van der Waals surface area contributed by atoms with Crippen LogP contribution in [0.1, 0.15) is 34.5 Å². The lowest BCUT2D eigenvalue weighted by Crippen LogP contribution is -2.36. The third-order valence-electron chi connectivity index (χ3n) is 5.33. The van der Waals surface area contributed by atoms with E-state index in [4.69, 9.17) is 4.74 Å². The summed E-state index contributed by atoms with van der Waals surface area (Å²) >= 11 is 0. The number of carboxylic acid groups (broad SMARTS) is 1. The number of fused-ring (bicyclic) bond motifs is 1. The van der Waals surface area contributed by atoms with E-state index in [1.54, 1.807) is 18.2 Å². The van der Waals surface area contributed by atoms with Crippen molar-refractivity contribution in [2.75, 3.05) is 36.5 Å². The molecule has 2 heterocycles. The lowest BCUT2D eigenvalue weighted by atomic mass is 9.97. The summed E-state index contributed by atoms with van der Waals surface area (Å²) in [5, 5.41) is 15.1. The zero-order valence-electron chi connectivity index (χ0n) is 16.7. The average molecular weight is 391 g/mol. The molecule has 0 saturated carbocycles. The van der Waals surface area contributed by atoms with Crippen LogP contribution in [0.15, 0.2) is 48.7 Å². The van der Waals surface area contributed by atoms with E-state index in [0.717, 1.165) is 40.8 Å². The Morgan fingerprint density at radius 3 is 2.72 bits per heavy atom. The van der Waals surface area contributed by atoms with E-state index in [1.807, 2.05) is 12.3 Å². The number of benzene rings is 2. The first-order chi connectivity index (χ1) is 14.0. The van der Waals surface area contributed by atoms with Gasteiger partial charge in [-0.05, 0) is 49.1 Å². The zero-order valence-corrected chi connectivity index (χ0v) is 16.7. The number of aromatic carboxylic acids is 1. The minimum atomic E-state index is -0.937. The molecule has 1 aliphatic rings. The molecule has 4 rings (SSSR count). The molecule has 0 bridgehead atoms. The first kappa shape index (κ1) is 19.2. The first-order valence-electron chi connectivity index (χ1n) is 9.85. The summed E-state index contributed by atoms with van der Waals surface area (Å²) in [7, 11) is 0. The number of rotatable bonds is 5. The van der Waals surface area contributed by atoms with Crippen molar-refractivity contribution in [3.05, 3.63) is 65.4 Å². The number of aromatic nitrogens is 1. The Kier molecular flexibility index (Phi) is 5.36. The smallest absolute Gasteiger partial charge is 0.337 e. The highest BCUT2D eigenvalue weighted by atomic mass is 16.5. The van der Waals surface area contributed by atoms with E-state index in [9.17, 15) is 9.90 Å². The summed E-state index contributed by atoms with van der Waals surface area (Å²) in [6, 6.07) is 13.4. The molecule has 1 atom stereocenters. The Morgan fingerprint density at radius 1 is 1.21 bits per heavy atom. The van der Waals surface area contributed by atoms with E-state index in [2.05, 4.69) is 47.2 Å². The summed E-state index contributed by atoms with van der Waals surface area (Å²) in [6.07, 6.45) is 1.93. The van der Waals surface area contributed by atoms with Gasteiger partial charge in [0.1, 0.15) is 5.82 Å². The van der Waals surface area contributed by atoms with Gasteiger partial charge in [-0.3, -0.25) is 0 Å². The second-order valence-electron chi connectivity index (χ2n) is 7.43. The van der Waals surface area contributed by atoms with Gasteiger partial charge in [-0.15, -0.1) is 0 Å². The number of morpholine rings is 1. The molecule has 1 unspecified atom stereocenters. The molecule has 0 amide bonds. The number of ether oxygens (including phenoxy) is 1. The number of nitrogens with zero attached hydrogens (tertiary/aromatic N) is 2. The molecule has 3 aromatic rings. The Morgan fingerprint density at radius 2 is 1.97 bits per heavy atom. The van der Waals surface area contributed by atoms with Crippen LogP contribution in [-0.2, 0) is 4.74 Å². The monoisotopic (exact) mass is 391 g/mol.